The highest BCUT2D eigenvalue weighted by atomic mass is 35.5. The fourth-order valence-corrected chi connectivity index (χ4v) is 2.31. The summed E-state index contributed by atoms with van der Waals surface area (Å²) in [4.78, 5) is 23.2. The van der Waals surface area contributed by atoms with Crippen LogP contribution in [0.15, 0.2) is 18.2 Å². The Morgan fingerprint density at radius 3 is 2.70 bits per heavy atom. The molecule has 0 unspecified atom stereocenters. The van der Waals surface area contributed by atoms with Crippen molar-refractivity contribution in [1.82, 2.24) is 5.32 Å². The zero-order chi connectivity index (χ0) is 13.8. The molecule has 2 amide bonds. The minimum Gasteiger partial charge on any atom is -0.366 e. The molecule has 1 aromatic rings. The van der Waals surface area contributed by atoms with E-state index in [0.717, 1.165) is 25.8 Å². The summed E-state index contributed by atoms with van der Waals surface area (Å²) in [6.45, 7) is 0.852. The quantitative estimate of drug-likeness (QED) is 0.796. The highest BCUT2D eigenvalue weighted by Gasteiger charge is 2.20. The molecule has 0 radical (unpaired) electrons. The molecular weight excluding hydrogens is 301 g/mol. The van der Waals surface area contributed by atoms with Crippen LogP contribution >= 0.6 is 24.0 Å². The Hall–Kier alpha value is -1.30. The minimum absolute atomic E-state index is 0. The van der Waals surface area contributed by atoms with Crippen molar-refractivity contribution in [2.45, 2.75) is 25.3 Å². The Morgan fingerprint density at radius 1 is 1.35 bits per heavy atom. The topological polar surface area (TPSA) is 84.2 Å². The molecule has 1 saturated heterocycles. The number of nitrogens with one attached hydrogen (secondary N) is 2. The van der Waals surface area contributed by atoms with Gasteiger partial charge in [0, 0.05) is 5.69 Å². The van der Waals surface area contributed by atoms with Gasteiger partial charge in [0.25, 0.3) is 0 Å². The van der Waals surface area contributed by atoms with Crippen LogP contribution in [0.3, 0.4) is 0 Å². The molecule has 0 spiro atoms. The van der Waals surface area contributed by atoms with Gasteiger partial charge >= 0.3 is 0 Å². The summed E-state index contributed by atoms with van der Waals surface area (Å²) >= 11 is 5.85. The Morgan fingerprint density at radius 2 is 2.10 bits per heavy atom. The van der Waals surface area contributed by atoms with E-state index in [1.54, 1.807) is 12.1 Å². The van der Waals surface area contributed by atoms with E-state index in [4.69, 9.17) is 17.3 Å². The molecule has 0 aliphatic carbocycles. The first-order valence-electron chi connectivity index (χ1n) is 6.21. The highest BCUT2D eigenvalue weighted by molar-refractivity contribution is 6.34. The summed E-state index contributed by atoms with van der Waals surface area (Å²) in [5, 5.41) is 6.20. The molecule has 1 atom stereocenters. The van der Waals surface area contributed by atoms with Gasteiger partial charge in [-0.05, 0) is 37.6 Å². The number of hydrogen-bond acceptors (Lipinski definition) is 3. The molecule has 0 aromatic heterocycles. The lowest BCUT2D eigenvalue weighted by Crippen LogP contribution is -2.43. The molecule has 0 bridgehead atoms. The fourth-order valence-electron chi connectivity index (χ4n) is 2.10. The maximum Gasteiger partial charge on any atom is 0.250 e. The molecule has 0 saturated carbocycles. The number of amides is 2. The molecule has 1 aliphatic rings. The van der Waals surface area contributed by atoms with Crippen LogP contribution in [0.5, 0.6) is 0 Å². The smallest absolute Gasteiger partial charge is 0.250 e. The van der Waals surface area contributed by atoms with Crippen LogP contribution in [-0.2, 0) is 4.79 Å². The maximum atomic E-state index is 12.0. The van der Waals surface area contributed by atoms with Gasteiger partial charge in [-0.1, -0.05) is 18.0 Å². The van der Waals surface area contributed by atoms with Crippen molar-refractivity contribution in [3.8, 4) is 0 Å². The third kappa shape index (κ3) is 4.10. The van der Waals surface area contributed by atoms with E-state index in [9.17, 15) is 9.59 Å². The van der Waals surface area contributed by atoms with Gasteiger partial charge in [-0.25, -0.2) is 0 Å². The van der Waals surface area contributed by atoms with Crippen LogP contribution in [0, 0.1) is 0 Å². The third-order valence-corrected chi connectivity index (χ3v) is 3.46. The average Bonchev–Trinajstić information content (AvgIpc) is 2.41. The molecular formula is C13H17Cl2N3O2. The zero-order valence-corrected chi connectivity index (χ0v) is 12.4. The van der Waals surface area contributed by atoms with E-state index in [1.165, 1.54) is 6.07 Å². The summed E-state index contributed by atoms with van der Waals surface area (Å²) in [6.07, 6.45) is 2.96. The maximum absolute atomic E-state index is 12.0. The molecule has 5 nitrogen and oxygen atoms in total. The van der Waals surface area contributed by atoms with Crippen LogP contribution in [0.2, 0.25) is 5.02 Å². The van der Waals surface area contributed by atoms with Crippen molar-refractivity contribution in [2.24, 2.45) is 5.73 Å². The van der Waals surface area contributed by atoms with Crippen LogP contribution in [0.25, 0.3) is 0 Å². The molecule has 1 fully saturated rings. The largest absolute Gasteiger partial charge is 0.366 e. The first-order valence-corrected chi connectivity index (χ1v) is 6.59. The number of carbonyl (C=O) groups is 2. The second-order valence-electron chi connectivity index (χ2n) is 4.55. The monoisotopic (exact) mass is 317 g/mol. The summed E-state index contributed by atoms with van der Waals surface area (Å²) in [5.74, 6) is -0.714. The molecule has 1 aliphatic heterocycles. The normalized spacial score (nSPS) is 17.9. The standard InChI is InChI=1S/C13H16ClN3O2.ClH/c14-10-5-4-8(7-9(10)12(15)18)17-13(19)11-3-1-2-6-16-11;/h4-5,7,11,16H,1-3,6H2,(H2,15,18)(H,17,19);1H/t11-;/m1./s1. The van der Waals surface area contributed by atoms with E-state index in [0.29, 0.717) is 5.69 Å². The van der Waals surface area contributed by atoms with E-state index < -0.39 is 5.91 Å². The van der Waals surface area contributed by atoms with Crippen LogP contribution in [-0.4, -0.2) is 24.4 Å². The second-order valence-corrected chi connectivity index (χ2v) is 4.96. The van der Waals surface area contributed by atoms with Crippen molar-refractivity contribution >= 4 is 41.5 Å². The van der Waals surface area contributed by atoms with E-state index in [1.807, 2.05) is 0 Å². The number of benzene rings is 1. The number of anilines is 1. The van der Waals surface area contributed by atoms with E-state index in [-0.39, 0.29) is 34.9 Å². The van der Waals surface area contributed by atoms with Gasteiger partial charge in [0.05, 0.1) is 16.6 Å². The Bertz CT molecular complexity index is 502. The number of piperidine rings is 1. The van der Waals surface area contributed by atoms with Gasteiger partial charge in [-0.2, -0.15) is 0 Å². The van der Waals surface area contributed by atoms with E-state index >= 15 is 0 Å². The summed E-state index contributed by atoms with van der Waals surface area (Å²) in [7, 11) is 0. The SMILES string of the molecule is Cl.NC(=O)c1cc(NC(=O)[C@H]2CCCCN2)ccc1Cl. The first kappa shape index (κ1) is 16.8. The fraction of sp³-hybridized carbons (Fsp3) is 0.385. The summed E-state index contributed by atoms with van der Waals surface area (Å²) < 4.78 is 0. The number of carbonyl (C=O) groups excluding carboxylic acids is 2. The second kappa shape index (κ2) is 7.47. The highest BCUT2D eigenvalue weighted by Crippen LogP contribution is 2.20. The Kier molecular flexibility index (Phi) is 6.26. The number of halogens is 2. The molecule has 4 N–H and O–H groups in total. The van der Waals surface area contributed by atoms with Crippen LogP contribution in [0.4, 0.5) is 5.69 Å². The van der Waals surface area contributed by atoms with Crippen molar-refractivity contribution in [3.63, 3.8) is 0 Å². The molecule has 110 valence electrons. The van der Waals surface area contributed by atoms with Gasteiger partial charge < -0.3 is 16.4 Å². The molecule has 2 rings (SSSR count). The van der Waals surface area contributed by atoms with Gasteiger partial charge in [0.1, 0.15) is 0 Å². The summed E-state index contributed by atoms with van der Waals surface area (Å²) in [5.41, 5.74) is 5.94. The first-order chi connectivity index (χ1) is 9.08. The number of nitrogens with two attached hydrogens (primary N) is 1. The minimum atomic E-state index is -0.614. The van der Waals surface area contributed by atoms with Gasteiger partial charge in [0.2, 0.25) is 11.8 Å². The molecule has 20 heavy (non-hydrogen) atoms. The molecule has 1 aromatic carbocycles. The van der Waals surface area contributed by atoms with Gasteiger partial charge in [0.15, 0.2) is 0 Å². The number of primary amides is 1. The molecule has 7 heteroatoms. The Balaban J connectivity index is 0.00000200. The Labute approximate surface area is 128 Å². The van der Waals surface area contributed by atoms with Crippen molar-refractivity contribution < 1.29 is 9.59 Å². The lowest BCUT2D eigenvalue weighted by molar-refractivity contribution is -0.118. The van der Waals surface area contributed by atoms with E-state index in [2.05, 4.69) is 10.6 Å². The predicted octanol–water partition coefficient (Wildman–Crippen LogP) is 1.94. The predicted molar refractivity (Wildman–Crippen MR) is 81.5 cm³/mol. The lowest BCUT2D eigenvalue weighted by Gasteiger charge is -2.22. The average molecular weight is 318 g/mol. The summed E-state index contributed by atoms with van der Waals surface area (Å²) in [6, 6.07) is 4.51. The van der Waals surface area contributed by atoms with Gasteiger partial charge in [-0.3, -0.25) is 9.59 Å². The molecule has 1 heterocycles. The van der Waals surface area contributed by atoms with Crippen molar-refractivity contribution in [2.75, 3.05) is 11.9 Å². The number of hydrogen-bond donors (Lipinski definition) is 3. The lowest BCUT2D eigenvalue weighted by atomic mass is 10.0. The number of rotatable bonds is 3. The zero-order valence-electron chi connectivity index (χ0n) is 10.8. The van der Waals surface area contributed by atoms with Crippen molar-refractivity contribution in [1.29, 1.82) is 0 Å². The third-order valence-electron chi connectivity index (χ3n) is 3.13. The van der Waals surface area contributed by atoms with Gasteiger partial charge in [-0.15, -0.1) is 12.4 Å². The van der Waals surface area contributed by atoms with Crippen LogP contribution < -0.4 is 16.4 Å². The van der Waals surface area contributed by atoms with Crippen molar-refractivity contribution in [3.05, 3.63) is 28.8 Å². The van der Waals surface area contributed by atoms with Crippen LogP contribution in [0.1, 0.15) is 29.6 Å².